The lowest BCUT2D eigenvalue weighted by Crippen LogP contribution is -1.89. The van der Waals surface area contributed by atoms with Crippen LogP contribution < -0.4 is 0 Å². The summed E-state index contributed by atoms with van der Waals surface area (Å²) < 4.78 is 0. The fourth-order valence-corrected chi connectivity index (χ4v) is 0.372. The van der Waals surface area contributed by atoms with Crippen LogP contribution in [0.15, 0.2) is 16.6 Å². The molecule has 0 radical (unpaired) electrons. The lowest BCUT2D eigenvalue weighted by molar-refractivity contribution is 0.337. The van der Waals surface area contributed by atoms with Gasteiger partial charge in [-0.05, 0) is 12.5 Å². The molecule has 0 amide bonds. The van der Waals surface area contributed by atoms with Gasteiger partial charge in [-0.3, -0.25) is 4.99 Å². The molecule has 2 nitrogen and oxygen atoms in total. The molecule has 0 aromatic carbocycles. The predicted molar refractivity (Wildman–Crippen MR) is 35.3 cm³/mol. The summed E-state index contributed by atoms with van der Waals surface area (Å²) in [6, 6.07) is 0. The molecule has 0 unspecified atom stereocenters. The van der Waals surface area contributed by atoms with Crippen LogP contribution in [0.3, 0.4) is 0 Å². The molecule has 0 bridgehead atoms. The first-order valence-electron chi connectivity index (χ1n) is 2.53. The standard InChI is InChI=1S/C6H11NO/c1-3-6(5-8)4-7-2/h3-4,8H,5H2,1-2H3/b6-3+,7-4?. The monoisotopic (exact) mass is 113 g/mol. The predicted octanol–water partition coefficient (Wildman–Crippen LogP) is 0.626. The van der Waals surface area contributed by atoms with Crippen LogP contribution in [0.25, 0.3) is 0 Å². The first-order chi connectivity index (χ1) is 3.85. The number of aliphatic imine (C=N–C) groups is 1. The van der Waals surface area contributed by atoms with Crippen molar-refractivity contribution >= 4 is 6.21 Å². The van der Waals surface area contributed by atoms with E-state index in [1.807, 2.05) is 13.0 Å². The van der Waals surface area contributed by atoms with Gasteiger partial charge in [-0.1, -0.05) is 6.08 Å². The molecule has 2 heteroatoms. The van der Waals surface area contributed by atoms with E-state index in [9.17, 15) is 0 Å². The minimum Gasteiger partial charge on any atom is -0.392 e. The molecule has 0 heterocycles. The van der Waals surface area contributed by atoms with Crippen LogP contribution in [0.2, 0.25) is 0 Å². The Kier molecular flexibility index (Phi) is 4.17. The molecule has 0 saturated carbocycles. The molecular weight excluding hydrogens is 102 g/mol. The van der Waals surface area contributed by atoms with E-state index in [1.54, 1.807) is 13.3 Å². The van der Waals surface area contributed by atoms with Crippen molar-refractivity contribution in [2.45, 2.75) is 6.92 Å². The van der Waals surface area contributed by atoms with Crippen molar-refractivity contribution in [2.24, 2.45) is 4.99 Å². The number of allylic oxidation sites excluding steroid dienone is 1. The summed E-state index contributed by atoms with van der Waals surface area (Å²) >= 11 is 0. The quantitative estimate of drug-likeness (QED) is 0.523. The fraction of sp³-hybridized carbons (Fsp3) is 0.500. The van der Waals surface area contributed by atoms with Crippen molar-refractivity contribution in [1.82, 2.24) is 0 Å². The zero-order chi connectivity index (χ0) is 6.41. The Morgan fingerprint density at radius 3 is 2.50 bits per heavy atom. The third-order valence-electron chi connectivity index (χ3n) is 0.848. The minimum absolute atomic E-state index is 0.0772. The fourth-order valence-electron chi connectivity index (χ4n) is 0.372. The third-order valence-corrected chi connectivity index (χ3v) is 0.848. The normalized spacial score (nSPS) is 13.1. The maximum atomic E-state index is 8.50. The van der Waals surface area contributed by atoms with Gasteiger partial charge >= 0.3 is 0 Å². The first kappa shape index (κ1) is 7.37. The van der Waals surface area contributed by atoms with Crippen LogP contribution in [0.1, 0.15) is 6.92 Å². The van der Waals surface area contributed by atoms with Crippen LogP contribution in [0, 0.1) is 0 Å². The molecule has 0 rings (SSSR count). The molecule has 0 spiro atoms. The van der Waals surface area contributed by atoms with Gasteiger partial charge in [-0.15, -0.1) is 0 Å². The number of hydrogen-bond donors (Lipinski definition) is 1. The zero-order valence-electron chi connectivity index (χ0n) is 5.26. The van der Waals surface area contributed by atoms with Crippen LogP contribution in [0.4, 0.5) is 0 Å². The third kappa shape index (κ3) is 2.53. The summed E-state index contributed by atoms with van der Waals surface area (Å²) in [4.78, 5) is 3.72. The average molecular weight is 113 g/mol. The van der Waals surface area contributed by atoms with Crippen LogP contribution in [0.5, 0.6) is 0 Å². The van der Waals surface area contributed by atoms with Crippen molar-refractivity contribution in [1.29, 1.82) is 0 Å². The Hall–Kier alpha value is -0.630. The summed E-state index contributed by atoms with van der Waals surface area (Å²) in [7, 11) is 1.68. The highest BCUT2D eigenvalue weighted by Crippen LogP contribution is 1.84. The second kappa shape index (κ2) is 4.53. The molecule has 1 N–H and O–H groups in total. The molecule has 0 aliphatic rings. The Morgan fingerprint density at radius 2 is 2.38 bits per heavy atom. The van der Waals surface area contributed by atoms with E-state index in [4.69, 9.17) is 5.11 Å². The number of hydrogen-bond acceptors (Lipinski definition) is 2. The van der Waals surface area contributed by atoms with Crippen molar-refractivity contribution in [3.8, 4) is 0 Å². The van der Waals surface area contributed by atoms with E-state index < -0.39 is 0 Å². The molecule has 0 fully saturated rings. The summed E-state index contributed by atoms with van der Waals surface area (Å²) in [5.74, 6) is 0. The highest BCUT2D eigenvalue weighted by Gasteiger charge is 1.82. The largest absolute Gasteiger partial charge is 0.392 e. The summed E-state index contributed by atoms with van der Waals surface area (Å²) in [6.07, 6.45) is 3.47. The van der Waals surface area contributed by atoms with Crippen LogP contribution in [-0.4, -0.2) is 25.0 Å². The van der Waals surface area contributed by atoms with E-state index in [0.717, 1.165) is 5.57 Å². The molecule has 46 valence electrons. The van der Waals surface area contributed by atoms with E-state index >= 15 is 0 Å². The molecule has 0 aliphatic heterocycles. The van der Waals surface area contributed by atoms with E-state index in [1.165, 1.54) is 0 Å². The Morgan fingerprint density at radius 1 is 1.75 bits per heavy atom. The van der Waals surface area contributed by atoms with E-state index in [2.05, 4.69) is 4.99 Å². The molecule has 0 aromatic rings. The SMILES string of the molecule is C/C=C(\C=NC)CO. The lowest BCUT2D eigenvalue weighted by Gasteiger charge is -1.88. The Labute approximate surface area is 49.6 Å². The van der Waals surface area contributed by atoms with Crippen molar-refractivity contribution in [3.63, 3.8) is 0 Å². The van der Waals surface area contributed by atoms with Gasteiger partial charge in [0.2, 0.25) is 0 Å². The molecular formula is C6H11NO. The van der Waals surface area contributed by atoms with E-state index in [0.29, 0.717) is 0 Å². The highest BCUT2D eigenvalue weighted by molar-refractivity contribution is 5.78. The number of aliphatic hydroxyl groups excluding tert-OH is 1. The van der Waals surface area contributed by atoms with Gasteiger partial charge in [0.25, 0.3) is 0 Å². The topological polar surface area (TPSA) is 32.6 Å². The Balaban J connectivity index is 3.72. The summed E-state index contributed by atoms with van der Waals surface area (Å²) in [6.45, 7) is 1.95. The van der Waals surface area contributed by atoms with Gasteiger partial charge < -0.3 is 5.11 Å². The molecule has 0 atom stereocenters. The molecule has 8 heavy (non-hydrogen) atoms. The van der Waals surface area contributed by atoms with Gasteiger partial charge in [0, 0.05) is 13.3 Å². The maximum absolute atomic E-state index is 8.50. The summed E-state index contributed by atoms with van der Waals surface area (Å²) in [5, 5.41) is 8.50. The van der Waals surface area contributed by atoms with Gasteiger partial charge in [0.1, 0.15) is 0 Å². The first-order valence-corrected chi connectivity index (χ1v) is 2.53. The molecule has 0 saturated heterocycles. The molecule has 0 aliphatic carbocycles. The maximum Gasteiger partial charge on any atom is 0.0693 e. The van der Waals surface area contributed by atoms with Crippen LogP contribution in [-0.2, 0) is 0 Å². The Bertz CT molecular complexity index is 102. The number of rotatable bonds is 2. The number of aliphatic hydroxyl groups is 1. The summed E-state index contributed by atoms with van der Waals surface area (Å²) in [5.41, 5.74) is 0.854. The smallest absolute Gasteiger partial charge is 0.0693 e. The number of nitrogens with zero attached hydrogens (tertiary/aromatic N) is 1. The lowest BCUT2D eigenvalue weighted by atomic mass is 10.3. The second-order valence-electron chi connectivity index (χ2n) is 1.41. The van der Waals surface area contributed by atoms with Gasteiger partial charge in [0.05, 0.1) is 6.61 Å². The highest BCUT2D eigenvalue weighted by atomic mass is 16.3. The van der Waals surface area contributed by atoms with Crippen molar-refractivity contribution in [2.75, 3.05) is 13.7 Å². The van der Waals surface area contributed by atoms with E-state index in [-0.39, 0.29) is 6.61 Å². The average Bonchev–Trinajstić information content (AvgIpc) is 1.83. The second-order valence-corrected chi connectivity index (χ2v) is 1.41. The van der Waals surface area contributed by atoms with Gasteiger partial charge in [-0.25, -0.2) is 0 Å². The van der Waals surface area contributed by atoms with Crippen LogP contribution >= 0.6 is 0 Å². The van der Waals surface area contributed by atoms with Gasteiger partial charge in [0.15, 0.2) is 0 Å². The zero-order valence-corrected chi connectivity index (χ0v) is 5.26. The van der Waals surface area contributed by atoms with Crippen molar-refractivity contribution < 1.29 is 5.11 Å². The minimum atomic E-state index is 0.0772. The van der Waals surface area contributed by atoms with Crippen molar-refractivity contribution in [3.05, 3.63) is 11.6 Å². The molecule has 0 aromatic heterocycles. The van der Waals surface area contributed by atoms with Gasteiger partial charge in [-0.2, -0.15) is 0 Å².